The molecular weight excluding hydrogens is 259 g/mol. The number of halogens is 1. The average Bonchev–Trinajstić information content (AvgIpc) is 3.01. The van der Waals surface area contributed by atoms with Crippen LogP contribution in [0, 0.1) is 5.82 Å². The van der Waals surface area contributed by atoms with E-state index in [0.29, 0.717) is 17.2 Å². The summed E-state index contributed by atoms with van der Waals surface area (Å²) < 4.78 is 18.6. The van der Waals surface area contributed by atoms with Crippen molar-refractivity contribution >= 4 is 12.2 Å². The minimum atomic E-state index is -0.413. The summed E-state index contributed by atoms with van der Waals surface area (Å²) in [6.07, 6.45) is 4.35. The van der Waals surface area contributed by atoms with E-state index in [2.05, 4.69) is 15.1 Å². The Morgan fingerprint density at radius 3 is 2.90 bits per heavy atom. The average molecular weight is 272 g/mol. The molecule has 0 atom stereocenters. The van der Waals surface area contributed by atoms with Crippen molar-refractivity contribution in [1.82, 2.24) is 9.97 Å². The first-order valence-electron chi connectivity index (χ1n) is 6.25. The number of methoxy groups -OCH3 is 1. The number of hydrazone groups is 1. The summed E-state index contributed by atoms with van der Waals surface area (Å²) >= 11 is 0. The monoisotopic (exact) mass is 272 g/mol. The fourth-order valence-corrected chi connectivity index (χ4v) is 2.00. The van der Waals surface area contributed by atoms with Crippen molar-refractivity contribution in [2.75, 3.05) is 18.7 Å². The number of ether oxygens (including phenoxy) is 1. The van der Waals surface area contributed by atoms with E-state index in [0.717, 1.165) is 13.0 Å². The fourth-order valence-electron chi connectivity index (χ4n) is 2.00. The van der Waals surface area contributed by atoms with Gasteiger partial charge in [0.1, 0.15) is 0 Å². The van der Waals surface area contributed by atoms with Crippen LogP contribution in [0.3, 0.4) is 0 Å². The SMILES string of the molecule is COc1ccc(-c2ccnc(N3CCC=N3)n2)cc1F. The van der Waals surface area contributed by atoms with E-state index in [1.54, 1.807) is 29.4 Å². The molecule has 1 aliphatic heterocycles. The molecular formula is C14H13FN4O. The molecule has 0 fully saturated rings. The number of hydrogen-bond donors (Lipinski definition) is 0. The highest BCUT2D eigenvalue weighted by Gasteiger charge is 2.13. The zero-order valence-corrected chi connectivity index (χ0v) is 11.0. The van der Waals surface area contributed by atoms with Gasteiger partial charge in [0.15, 0.2) is 11.6 Å². The lowest BCUT2D eigenvalue weighted by molar-refractivity contribution is 0.386. The van der Waals surface area contributed by atoms with Crippen molar-refractivity contribution in [3.05, 3.63) is 36.3 Å². The maximum absolute atomic E-state index is 13.7. The van der Waals surface area contributed by atoms with Gasteiger partial charge in [-0.05, 0) is 24.3 Å². The van der Waals surface area contributed by atoms with Crippen LogP contribution in [-0.2, 0) is 0 Å². The lowest BCUT2D eigenvalue weighted by Gasteiger charge is -2.12. The molecule has 0 amide bonds. The smallest absolute Gasteiger partial charge is 0.246 e. The molecule has 3 rings (SSSR count). The summed E-state index contributed by atoms with van der Waals surface area (Å²) in [6, 6.07) is 6.49. The van der Waals surface area contributed by atoms with Gasteiger partial charge in [-0.2, -0.15) is 5.10 Å². The summed E-state index contributed by atoms with van der Waals surface area (Å²) in [5.41, 5.74) is 1.33. The zero-order valence-electron chi connectivity index (χ0n) is 11.0. The quantitative estimate of drug-likeness (QED) is 0.861. The second-order valence-electron chi connectivity index (χ2n) is 4.30. The molecule has 0 N–H and O–H groups in total. The first kappa shape index (κ1) is 12.5. The van der Waals surface area contributed by atoms with Crippen LogP contribution < -0.4 is 9.75 Å². The highest BCUT2D eigenvalue weighted by Crippen LogP contribution is 2.25. The Morgan fingerprint density at radius 1 is 1.30 bits per heavy atom. The molecule has 1 aromatic carbocycles. The molecule has 0 unspecified atom stereocenters. The maximum Gasteiger partial charge on any atom is 0.246 e. The third-order valence-corrected chi connectivity index (χ3v) is 3.01. The van der Waals surface area contributed by atoms with Crippen molar-refractivity contribution in [3.63, 3.8) is 0 Å². The van der Waals surface area contributed by atoms with Crippen LogP contribution in [-0.4, -0.2) is 29.8 Å². The summed E-state index contributed by atoms with van der Waals surface area (Å²) in [5, 5.41) is 5.90. The Hall–Kier alpha value is -2.50. The van der Waals surface area contributed by atoms with Gasteiger partial charge in [-0.15, -0.1) is 0 Å². The molecule has 1 aliphatic rings. The second kappa shape index (κ2) is 5.24. The largest absolute Gasteiger partial charge is 0.494 e. The highest BCUT2D eigenvalue weighted by atomic mass is 19.1. The summed E-state index contributed by atoms with van der Waals surface area (Å²) in [5.74, 6) is 0.323. The second-order valence-corrected chi connectivity index (χ2v) is 4.30. The molecule has 0 saturated heterocycles. The predicted octanol–water partition coefficient (Wildman–Crippen LogP) is 2.49. The lowest BCUT2D eigenvalue weighted by atomic mass is 10.1. The summed E-state index contributed by atoms with van der Waals surface area (Å²) in [7, 11) is 1.44. The molecule has 2 aromatic rings. The van der Waals surface area contributed by atoms with Gasteiger partial charge in [-0.25, -0.2) is 19.4 Å². The minimum absolute atomic E-state index is 0.215. The molecule has 20 heavy (non-hydrogen) atoms. The Labute approximate surface area is 115 Å². The topological polar surface area (TPSA) is 50.6 Å². The van der Waals surface area contributed by atoms with Crippen LogP contribution in [0.4, 0.5) is 10.3 Å². The highest BCUT2D eigenvalue weighted by molar-refractivity contribution is 5.65. The van der Waals surface area contributed by atoms with Crippen molar-refractivity contribution in [2.45, 2.75) is 6.42 Å². The molecule has 0 radical (unpaired) electrons. The predicted molar refractivity (Wildman–Crippen MR) is 74.4 cm³/mol. The van der Waals surface area contributed by atoms with Crippen LogP contribution >= 0.6 is 0 Å². The number of anilines is 1. The van der Waals surface area contributed by atoms with Crippen molar-refractivity contribution < 1.29 is 9.13 Å². The third kappa shape index (κ3) is 2.32. The van der Waals surface area contributed by atoms with Gasteiger partial charge in [-0.3, -0.25) is 0 Å². The van der Waals surface area contributed by atoms with E-state index in [1.165, 1.54) is 13.2 Å². The van der Waals surface area contributed by atoms with E-state index in [1.807, 2.05) is 6.21 Å². The van der Waals surface area contributed by atoms with E-state index >= 15 is 0 Å². The Bertz CT molecular complexity index is 659. The first-order valence-corrected chi connectivity index (χ1v) is 6.25. The van der Waals surface area contributed by atoms with Gasteiger partial charge in [0.05, 0.1) is 12.8 Å². The molecule has 0 saturated carbocycles. The van der Waals surface area contributed by atoms with Gasteiger partial charge in [0.25, 0.3) is 0 Å². The van der Waals surface area contributed by atoms with E-state index in [4.69, 9.17) is 4.74 Å². The standard InChI is InChI=1S/C14H13FN4O/c1-20-13-4-3-10(9-11(13)15)12-5-7-16-14(18-12)19-8-2-6-17-19/h3-7,9H,2,8H2,1H3. The number of nitrogens with zero attached hydrogens (tertiary/aromatic N) is 4. The number of hydrogen-bond acceptors (Lipinski definition) is 5. The summed E-state index contributed by atoms with van der Waals surface area (Å²) in [4.78, 5) is 8.60. The van der Waals surface area contributed by atoms with E-state index < -0.39 is 5.82 Å². The number of aromatic nitrogens is 2. The Kier molecular flexibility index (Phi) is 3.28. The van der Waals surface area contributed by atoms with Crippen molar-refractivity contribution in [3.8, 4) is 17.0 Å². The normalized spacial score (nSPS) is 13.8. The molecule has 0 bridgehead atoms. The zero-order chi connectivity index (χ0) is 13.9. The molecule has 102 valence electrons. The molecule has 5 nitrogen and oxygen atoms in total. The first-order chi connectivity index (χ1) is 9.78. The third-order valence-electron chi connectivity index (χ3n) is 3.01. The molecule has 6 heteroatoms. The van der Waals surface area contributed by atoms with Gasteiger partial charge >= 0.3 is 0 Å². The lowest BCUT2D eigenvalue weighted by Crippen LogP contribution is -2.15. The number of benzene rings is 1. The Balaban J connectivity index is 1.95. The molecule has 2 heterocycles. The number of rotatable bonds is 3. The molecule has 0 aliphatic carbocycles. The molecule has 1 aromatic heterocycles. The van der Waals surface area contributed by atoms with E-state index in [9.17, 15) is 4.39 Å². The van der Waals surface area contributed by atoms with Crippen LogP contribution in [0.1, 0.15) is 6.42 Å². The van der Waals surface area contributed by atoms with Gasteiger partial charge in [0.2, 0.25) is 5.95 Å². The van der Waals surface area contributed by atoms with Crippen LogP contribution in [0.5, 0.6) is 5.75 Å². The van der Waals surface area contributed by atoms with Gasteiger partial charge < -0.3 is 4.74 Å². The van der Waals surface area contributed by atoms with Gasteiger partial charge in [0, 0.05) is 30.9 Å². The summed E-state index contributed by atoms with van der Waals surface area (Å²) in [6.45, 7) is 0.764. The van der Waals surface area contributed by atoms with E-state index in [-0.39, 0.29) is 5.75 Å². The van der Waals surface area contributed by atoms with Crippen molar-refractivity contribution in [2.24, 2.45) is 5.10 Å². The minimum Gasteiger partial charge on any atom is -0.494 e. The maximum atomic E-state index is 13.7. The Morgan fingerprint density at radius 2 is 2.20 bits per heavy atom. The van der Waals surface area contributed by atoms with Crippen LogP contribution in [0.25, 0.3) is 11.3 Å². The van der Waals surface area contributed by atoms with Gasteiger partial charge in [-0.1, -0.05) is 0 Å². The van der Waals surface area contributed by atoms with Crippen LogP contribution in [0.2, 0.25) is 0 Å². The molecule has 0 spiro atoms. The fraction of sp³-hybridized carbons (Fsp3) is 0.214. The van der Waals surface area contributed by atoms with Crippen molar-refractivity contribution in [1.29, 1.82) is 0 Å². The van der Waals surface area contributed by atoms with Crippen LogP contribution in [0.15, 0.2) is 35.6 Å².